The van der Waals surface area contributed by atoms with Crippen LogP contribution < -0.4 is 5.32 Å². The summed E-state index contributed by atoms with van der Waals surface area (Å²) in [7, 11) is 0. The molecular formula is C14H15ClN2O2. The van der Waals surface area contributed by atoms with Crippen LogP contribution >= 0.6 is 11.6 Å². The van der Waals surface area contributed by atoms with Gasteiger partial charge in [-0.1, -0.05) is 24.4 Å². The maximum atomic E-state index is 11.4. The Hall–Kier alpha value is -1.73. The fourth-order valence-electron chi connectivity index (χ4n) is 2.51. The predicted octanol–water partition coefficient (Wildman–Crippen LogP) is 3.27. The van der Waals surface area contributed by atoms with Crippen LogP contribution in [0.3, 0.4) is 0 Å². The van der Waals surface area contributed by atoms with Gasteiger partial charge in [0.15, 0.2) is 0 Å². The summed E-state index contributed by atoms with van der Waals surface area (Å²) in [6.07, 6.45) is 3.30. The number of carboxylic acids is 1. The van der Waals surface area contributed by atoms with Gasteiger partial charge in [0.2, 0.25) is 0 Å². The van der Waals surface area contributed by atoms with E-state index in [1.54, 1.807) is 18.2 Å². The van der Waals surface area contributed by atoms with Crippen LogP contribution in [0.25, 0.3) is 0 Å². The van der Waals surface area contributed by atoms with Crippen LogP contribution in [0.5, 0.6) is 0 Å². The van der Waals surface area contributed by atoms with Gasteiger partial charge < -0.3 is 10.4 Å². The van der Waals surface area contributed by atoms with E-state index in [4.69, 9.17) is 16.9 Å². The first-order valence-corrected chi connectivity index (χ1v) is 6.62. The highest BCUT2D eigenvalue weighted by atomic mass is 35.5. The number of carbonyl (C=O) groups is 1. The number of carboxylic acid groups (broad SMARTS) is 1. The van der Waals surface area contributed by atoms with Gasteiger partial charge in [-0.3, -0.25) is 4.79 Å². The highest BCUT2D eigenvalue weighted by Gasteiger charge is 2.41. The number of nitrogens with one attached hydrogen (secondary N) is 1. The molecule has 0 aromatic heterocycles. The minimum atomic E-state index is -0.748. The summed E-state index contributed by atoms with van der Waals surface area (Å²) in [6, 6.07) is 6.96. The molecule has 0 saturated heterocycles. The van der Waals surface area contributed by atoms with Crippen LogP contribution in [0.4, 0.5) is 5.69 Å². The second kappa shape index (κ2) is 5.50. The Balaban J connectivity index is 2.10. The molecule has 19 heavy (non-hydrogen) atoms. The summed E-state index contributed by atoms with van der Waals surface area (Å²) in [4.78, 5) is 11.4. The van der Waals surface area contributed by atoms with E-state index in [9.17, 15) is 9.90 Å². The largest absolute Gasteiger partial charge is 0.481 e. The molecule has 0 radical (unpaired) electrons. The van der Waals surface area contributed by atoms with E-state index >= 15 is 0 Å². The Labute approximate surface area is 117 Å². The topological polar surface area (TPSA) is 73.1 Å². The van der Waals surface area contributed by atoms with Crippen LogP contribution in [0.1, 0.15) is 31.2 Å². The zero-order valence-corrected chi connectivity index (χ0v) is 11.2. The van der Waals surface area contributed by atoms with Gasteiger partial charge in [0.05, 0.1) is 27.8 Å². The van der Waals surface area contributed by atoms with Crippen LogP contribution in [-0.4, -0.2) is 17.6 Å². The summed E-state index contributed by atoms with van der Waals surface area (Å²) in [5.74, 6) is -0.748. The molecule has 1 fully saturated rings. The monoisotopic (exact) mass is 278 g/mol. The molecule has 1 aromatic carbocycles. The number of halogens is 1. The van der Waals surface area contributed by atoms with Crippen molar-refractivity contribution in [3.05, 3.63) is 28.8 Å². The molecule has 1 aliphatic rings. The zero-order valence-electron chi connectivity index (χ0n) is 10.4. The molecule has 0 unspecified atom stereocenters. The van der Waals surface area contributed by atoms with Crippen molar-refractivity contribution in [1.29, 1.82) is 5.26 Å². The van der Waals surface area contributed by atoms with Gasteiger partial charge in [0, 0.05) is 6.54 Å². The summed E-state index contributed by atoms with van der Waals surface area (Å²) in [5.41, 5.74) is 0.481. The van der Waals surface area contributed by atoms with Crippen molar-refractivity contribution in [2.45, 2.75) is 25.7 Å². The highest BCUT2D eigenvalue weighted by molar-refractivity contribution is 6.33. The van der Waals surface area contributed by atoms with Crippen molar-refractivity contribution in [1.82, 2.24) is 0 Å². The lowest BCUT2D eigenvalue weighted by atomic mass is 9.86. The summed E-state index contributed by atoms with van der Waals surface area (Å²) in [5, 5.41) is 21.7. The van der Waals surface area contributed by atoms with E-state index in [-0.39, 0.29) is 0 Å². The van der Waals surface area contributed by atoms with Crippen molar-refractivity contribution in [3.8, 4) is 6.07 Å². The zero-order chi connectivity index (χ0) is 13.9. The maximum Gasteiger partial charge on any atom is 0.311 e. The van der Waals surface area contributed by atoms with Crippen LogP contribution in [0.2, 0.25) is 5.02 Å². The highest BCUT2D eigenvalue weighted by Crippen LogP contribution is 2.39. The molecule has 5 heteroatoms. The SMILES string of the molecule is N#Cc1ccc(NCC2(C(=O)O)CCCC2)c(Cl)c1. The van der Waals surface area contributed by atoms with E-state index in [0.717, 1.165) is 12.8 Å². The normalized spacial score (nSPS) is 16.8. The Morgan fingerprint density at radius 2 is 2.16 bits per heavy atom. The molecule has 0 spiro atoms. The van der Waals surface area contributed by atoms with E-state index in [2.05, 4.69) is 5.32 Å². The first-order chi connectivity index (χ1) is 9.07. The van der Waals surface area contributed by atoms with Crippen molar-refractivity contribution in [2.24, 2.45) is 5.41 Å². The van der Waals surface area contributed by atoms with Gasteiger partial charge in [0.25, 0.3) is 0 Å². The number of nitrogens with zero attached hydrogens (tertiary/aromatic N) is 1. The second-order valence-corrected chi connectivity index (χ2v) is 5.36. The fourth-order valence-corrected chi connectivity index (χ4v) is 2.76. The molecule has 0 bridgehead atoms. The second-order valence-electron chi connectivity index (χ2n) is 4.95. The fraction of sp³-hybridized carbons (Fsp3) is 0.429. The Morgan fingerprint density at radius 1 is 1.47 bits per heavy atom. The molecular weight excluding hydrogens is 264 g/mol. The van der Waals surface area contributed by atoms with Gasteiger partial charge >= 0.3 is 5.97 Å². The van der Waals surface area contributed by atoms with E-state index in [1.807, 2.05) is 6.07 Å². The number of hydrogen-bond donors (Lipinski definition) is 2. The summed E-state index contributed by atoms with van der Waals surface area (Å²) in [6.45, 7) is 0.369. The Kier molecular flexibility index (Phi) is 3.96. The molecule has 4 nitrogen and oxygen atoms in total. The van der Waals surface area contributed by atoms with Crippen LogP contribution in [0.15, 0.2) is 18.2 Å². The van der Waals surface area contributed by atoms with E-state index < -0.39 is 11.4 Å². The number of anilines is 1. The van der Waals surface area contributed by atoms with Gasteiger partial charge in [-0.05, 0) is 31.0 Å². The summed E-state index contributed by atoms with van der Waals surface area (Å²) >= 11 is 6.06. The molecule has 2 N–H and O–H groups in total. The van der Waals surface area contributed by atoms with E-state index in [1.165, 1.54) is 0 Å². The van der Waals surface area contributed by atoms with Gasteiger partial charge in [-0.25, -0.2) is 0 Å². The lowest BCUT2D eigenvalue weighted by Gasteiger charge is -2.24. The third kappa shape index (κ3) is 2.82. The minimum Gasteiger partial charge on any atom is -0.481 e. The van der Waals surface area contributed by atoms with Crippen molar-refractivity contribution in [3.63, 3.8) is 0 Å². The van der Waals surface area contributed by atoms with Gasteiger partial charge in [0.1, 0.15) is 0 Å². The van der Waals surface area contributed by atoms with E-state index in [0.29, 0.717) is 35.7 Å². The average Bonchev–Trinajstić information content (AvgIpc) is 2.87. The average molecular weight is 279 g/mol. The first kappa shape index (κ1) is 13.7. The van der Waals surface area contributed by atoms with Crippen molar-refractivity contribution >= 4 is 23.3 Å². The molecule has 2 rings (SSSR count). The number of aliphatic carboxylic acids is 1. The molecule has 0 aliphatic heterocycles. The predicted molar refractivity (Wildman–Crippen MR) is 73.2 cm³/mol. The molecule has 1 aliphatic carbocycles. The molecule has 100 valence electrons. The number of rotatable bonds is 4. The molecule has 0 amide bonds. The lowest BCUT2D eigenvalue weighted by Crippen LogP contribution is -2.35. The van der Waals surface area contributed by atoms with Crippen LogP contribution in [0, 0.1) is 16.7 Å². The van der Waals surface area contributed by atoms with Crippen molar-refractivity contribution in [2.75, 3.05) is 11.9 Å². The number of benzene rings is 1. The van der Waals surface area contributed by atoms with Gasteiger partial charge in [-0.2, -0.15) is 5.26 Å². The minimum absolute atomic E-state index is 0.369. The molecule has 1 saturated carbocycles. The summed E-state index contributed by atoms with van der Waals surface area (Å²) < 4.78 is 0. The van der Waals surface area contributed by atoms with Crippen LogP contribution in [-0.2, 0) is 4.79 Å². The maximum absolute atomic E-state index is 11.4. The lowest BCUT2D eigenvalue weighted by molar-refractivity contribution is -0.147. The first-order valence-electron chi connectivity index (χ1n) is 6.24. The standard InChI is InChI=1S/C14H15ClN2O2/c15-11-7-10(8-16)3-4-12(11)17-9-14(13(18)19)5-1-2-6-14/h3-4,7,17H,1-2,5-6,9H2,(H,18,19). The third-order valence-corrected chi connectivity index (χ3v) is 4.04. The third-order valence-electron chi connectivity index (χ3n) is 3.73. The smallest absolute Gasteiger partial charge is 0.311 e. The van der Waals surface area contributed by atoms with Gasteiger partial charge in [-0.15, -0.1) is 0 Å². The molecule has 0 heterocycles. The molecule has 1 aromatic rings. The number of nitriles is 1. The number of hydrogen-bond acceptors (Lipinski definition) is 3. The Morgan fingerprint density at radius 3 is 2.68 bits per heavy atom. The molecule has 0 atom stereocenters. The quantitative estimate of drug-likeness (QED) is 0.886. The Bertz CT molecular complexity index is 531. The van der Waals surface area contributed by atoms with Crippen molar-refractivity contribution < 1.29 is 9.90 Å².